The fourth-order valence-corrected chi connectivity index (χ4v) is 4.82. The smallest absolute Gasteiger partial charge is 0.244 e. The maximum Gasteiger partial charge on any atom is 0.244 e. The molecular formula is C17H24N2OS. The van der Waals surface area contributed by atoms with Crippen molar-refractivity contribution < 1.29 is 4.79 Å². The highest BCUT2D eigenvalue weighted by Crippen LogP contribution is 2.43. The van der Waals surface area contributed by atoms with Gasteiger partial charge in [0.25, 0.3) is 0 Å². The summed E-state index contributed by atoms with van der Waals surface area (Å²) >= 11 is 1.72. The van der Waals surface area contributed by atoms with Gasteiger partial charge in [-0.25, -0.2) is 0 Å². The summed E-state index contributed by atoms with van der Waals surface area (Å²) in [6.45, 7) is 3.23. The van der Waals surface area contributed by atoms with Gasteiger partial charge in [0.2, 0.25) is 5.91 Å². The van der Waals surface area contributed by atoms with Crippen molar-refractivity contribution in [2.45, 2.75) is 57.2 Å². The molecule has 3 fully saturated rings. The van der Waals surface area contributed by atoms with Crippen LogP contribution in [-0.2, 0) is 4.79 Å². The quantitative estimate of drug-likeness (QED) is 0.923. The second kappa shape index (κ2) is 5.10. The molecule has 3 aliphatic rings. The van der Waals surface area contributed by atoms with E-state index in [1.165, 1.54) is 31.2 Å². The maximum atomic E-state index is 13.1. The summed E-state index contributed by atoms with van der Waals surface area (Å²) in [6, 6.07) is 2.17. The number of hydrogen-bond donors (Lipinski definition) is 1. The second-order valence-electron chi connectivity index (χ2n) is 7.16. The fraction of sp³-hybridized carbons (Fsp3) is 0.706. The lowest BCUT2D eigenvalue weighted by Gasteiger charge is -2.27. The highest BCUT2D eigenvalue weighted by Gasteiger charge is 2.53. The van der Waals surface area contributed by atoms with E-state index in [1.807, 2.05) is 0 Å². The van der Waals surface area contributed by atoms with Crippen molar-refractivity contribution in [2.24, 2.45) is 11.8 Å². The zero-order chi connectivity index (χ0) is 14.4. The molecule has 1 aromatic heterocycles. The lowest BCUT2D eigenvalue weighted by molar-refractivity contribution is -0.133. The van der Waals surface area contributed by atoms with Crippen LogP contribution in [0.3, 0.4) is 0 Å². The highest BCUT2D eigenvalue weighted by atomic mass is 32.1. The van der Waals surface area contributed by atoms with E-state index in [0.717, 1.165) is 25.3 Å². The van der Waals surface area contributed by atoms with E-state index in [9.17, 15) is 4.79 Å². The normalized spacial score (nSPS) is 29.5. The van der Waals surface area contributed by atoms with Crippen LogP contribution in [0.15, 0.2) is 16.8 Å². The van der Waals surface area contributed by atoms with E-state index in [4.69, 9.17) is 0 Å². The van der Waals surface area contributed by atoms with Crippen molar-refractivity contribution in [1.82, 2.24) is 10.2 Å². The summed E-state index contributed by atoms with van der Waals surface area (Å²) in [5.74, 6) is 1.85. The largest absolute Gasteiger partial charge is 0.321 e. The van der Waals surface area contributed by atoms with Crippen molar-refractivity contribution >= 4 is 17.2 Å². The first-order chi connectivity index (χ1) is 10.2. The molecule has 2 aliphatic carbocycles. The molecule has 4 heteroatoms. The number of rotatable bonds is 4. The topological polar surface area (TPSA) is 32.3 Å². The van der Waals surface area contributed by atoms with E-state index in [2.05, 4.69) is 34.0 Å². The van der Waals surface area contributed by atoms with E-state index < -0.39 is 0 Å². The molecule has 114 valence electrons. The number of hydrogen-bond acceptors (Lipinski definition) is 3. The van der Waals surface area contributed by atoms with Gasteiger partial charge < -0.3 is 4.90 Å². The molecule has 2 atom stereocenters. The predicted molar refractivity (Wildman–Crippen MR) is 85.0 cm³/mol. The zero-order valence-corrected chi connectivity index (χ0v) is 13.5. The Hall–Kier alpha value is -0.870. The molecule has 1 aliphatic heterocycles. The van der Waals surface area contributed by atoms with Crippen LogP contribution in [0.5, 0.6) is 0 Å². The first-order valence-electron chi connectivity index (χ1n) is 8.30. The Morgan fingerprint density at radius 3 is 2.81 bits per heavy atom. The second-order valence-corrected chi connectivity index (χ2v) is 7.95. The van der Waals surface area contributed by atoms with E-state index in [1.54, 1.807) is 11.3 Å². The van der Waals surface area contributed by atoms with Crippen LogP contribution < -0.4 is 5.32 Å². The molecular weight excluding hydrogens is 280 g/mol. The number of carbonyl (C=O) groups excluding carboxylic acids is 1. The van der Waals surface area contributed by atoms with E-state index >= 15 is 0 Å². The molecule has 0 bridgehead atoms. The zero-order valence-electron chi connectivity index (χ0n) is 12.7. The van der Waals surface area contributed by atoms with Crippen LogP contribution in [0.1, 0.15) is 57.2 Å². The number of nitrogens with one attached hydrogen (secondary N) is 1. The molecule has 3 nitrogen and oxygen atoms in total. The Kier molecular flexibility index (Phi) is 3.34. The summed E-state index contributed by atoms with van der Waals surface area (Å²) in [5.41, 5.74) is 1.01. The van der Waals surface area contributed by atoms with Crippen LogP contribution in [0.2, 0.25) is 0 Å². The molecule has 21 heavy (non-hydrogen) atoms. The van der Waals surface area contributed by atoms with Gasteiger partial charge in [0.1, 0.15) is 6.17 Å². The molecule has 2 unspecified atom stereocenters. The highest BCUT2D eigenvalue weighted by molar-refractivity contribution is 7.07. The van der Waals surface area contributed by atoms with Gasteiger partial charge in [0.15, 0.2) is 0 Å². The standard InChI is InChI=1S/C17H24N2OS/c1-12(13-4-5-13)10-19-15(14-6-9-21-11-14)18-17(16(19)20)7-2-3-8-17/h6,9,11-13,15,18H,2-5,7-8,10H2,1H3. The lowest BCUT2D eigenvalue weighted by Crippen LogP contribution is -2.44. The molecule has 1 aromatic rings. The van der Waals surface area contributed by atoms with Crippen LogP contribution in [0.4, 0.5) is 0 Å². The van der Waals surface area contributed by atoms with Crippen LogP contribution in [0, 0.1) is 11.8 Å². The summed E-state index contributed by atoms with van der Waals surface area (Å²) in [5, 5.41) is 8.02. The summed E-state index contributed by atoms with van der Waals surface area (Å²) in [4.78, 5) is 15.2. The number of thiophene rings is 1. The Balaban J connectivity index is 1.61. The summed E-state index contributed by atoms with van der Waals surface area (Å²) in [6.07, 6.45) is 7.20. The molecule has 0 aromatic carbocycles. The van der Waals surface area contributed by atoms with E-state index in [0.29, 0.717) is 11.8 Å². The molecule has 0 radical (unpaired) electrons. The van der Waals surface area contributed by atoms with Gasteiger partial charge in [-0.3, -0.25) is 10.1 Å². The minimum absolute atomic E-state index is 0.100. The van der Waals surface area contributed by atoms with Gasteiger partial charge >= 0.3 is 0 Å². The SMILES string of the molecule is CC(CN1C(=O)C2(CCCC2)NC1c1ccsc1)C1CC1. The van der Waals surface area contributed by atoms with Gasteiger partial charge in [0.05, 0.1) is 5.54 Å². The maximum absolute atomic E-state index is 13.1. The first kappa shape index (κ1) is 13.8. The van der Waals surface area contributed by atoms with Crippen molar-refractivity contribution in [1.29, 1.82) is 0 Å². The fourth-order valence-electron chi connectivity index (χ4n) is 4.14. The first-order valence-corrected chi connectivity index (χ1v) is 9.25. The van der Waals surface area contributed by atoms with Crippen molar-refractivity contribution in [3.05, 3.63) is 22.4 Å². The number of carbonyl (C=O) groups is 1. The van der Waals surface area contributed by atoms with Crippen LogP contribution in [-0.4, -0.2) is 22.9 Å². The van der Waals surface area contributed by atoms with Gasteiger partial charge in [0, 0.05) is 6.54 Å². The predicted octanol–water partition coefficient (Wildman–Crippen LogP) is 3.54. The molecule has 2 saturated carbocycles. The molecule has 1 N–H and O–H groups in total. The average Bonchev–Trinajstić information content (AvgIpc) is 2.92. The minimum atomic E-state index is -0.254. The lowest BCUT2D eigenvalue weighted by atomic mass is 9.97. The Labute approximate surface area is 130 Å². The third-order valence-electron chi connectivity index (χ3n) is 5.62. The van der Waals surface area contributed by atoms with Crippen LogP contribution >= 0.6 is 11.3 Å². The van der Waals surface area contributed by atoms with Crippen molar-refractivity contribution in [3.63, 3.8) is 0 Å². The van der Waals surface area contributed by atoms with E-state index in [-0.39, 0.29) is 11.7 Å². The molecule has 1 spiro atoms. The third-order valence-corrected chi connectivity index (χ3v) is 6.32. The van der Waals surface area contributed by atoms with Gasteiger partial charge in [-0.2, -0.15) is 11.3 Å². The minimum Gasteiger partial charge on any atom is -0.321 e. The third kappa shape index (κ3) is 2.33. The van der Waals surface area contributed by atoms with Crippen LogP contribution in [0.25, 0.3) is 0 Å². The summed E-state index contributed by atoms with van der Waals surface area (Å²) < 4.78 is 0. The number of amides is 1. The van der Waals surface area contributed by atoms with Gasteiger partial charge in [-0.05, 0) is 59.9 Å². The Morgan fingerprint density at radius 1 is 1.43 bits per heavy atom. The van der Waals surface area contributed by atoms with Gasteiger partial charge in [-0.15, -0.1) is 0 Å². The van der Waals surface area contributed by atoms with Crippen molar-refractivity contribution in [2.75, 3.05) is 6.54 Å². The molecule has 1 saturated heterocycles. The number of nitrogens with zero attached hydrogens (tertiary/aromatic N) is 1. The molecule has 4 rings (SSSR count). The molecule has 1 amide bonds. The Bertz CT molecular complexity index is 517. The molecule has 2 heterocycles. The summed E-state index contributed by atoms with van der Waals surface area (Å²) in [7, 11) is 0. The van der Waals surface area contributed by atoms with Gasteiger partial charge in [-0.1, -0.05) is 19.8 Å². The Morgan fingerprint density at radius 2 is 2.19 bits per heavy atom. The average molecular weight is 304 g/mol. The monoisotopic (exact) mass is 304 g/mol. The van der Waals surface area contributed by atoms with Crippen molar-refractivity contribution in [3.8, 4) is 0 Å².